The van der Waals surface area contributed by atoms with E-state index < -0.39 is 0 Å². The van der Waals surface area contributed by atoms with E-state index in [0.717, 1.165) is 12.8 Å². The number of halogens is 1. The van der Waals surface area contributed by atoms with Crippen molar-refractivity contribution in [1.82, 2.24) is 4.98 Å². The van der Waals surface area contributed by atoms with Crippen LogP contribution in [0.4, 0.5) is 10.1 Å². The smallest absolute Gasteiger partial charge is 0.164 e. The fourth-order valence-corrected chi connectivity index (χ4v) is 1.45. The van der Waals surface area contributed by atoms with Gasteiger partial charge < -0.3 is 5.32 Å². The minimum atomic E-state index is -0.283. The SMILES string of the molecule is Fc1cnccc1NC1CC=CC1. The van der Waals surface area contributed by atoms with Crippen molar-refractivity contribution < 1.29 is 4.39 Å². The van der Waals surface area contributed by atoms with Gasteiger partial charge in [-0.1, -0.05) is 12.2 Å². The van der Waals surface area contributed by atoms with Crippen LogP contribution < -0.4 is 5.32 Å². The zero-order valence-corrected chi connectivity index (χ0v) is 7.20. The highest BCUT2D eigenvalue weighted by Gasteiger charge is 2.11. The third kappa shape index (κ3) is 1.86. The summed E-state index contributed by atoms with van der Waals surface area (Å²) in [5.74, 6) is -0.283. The lowest BCUT2D eigenvalue weighted by Gasteiger charge is -2.13. The Labute approximate surface area is 76.5 Å². The molecular formula is C10H11FN2. The molecular weight excluding hydrogens is 167 g/mol. The van der Waals surface area contributed by atoms with Crippen molar-refractivity contribution in [3.63, 3.8) is 0 Å². The summed E-state index contributed by atoms with van der Waals surface area (Å²) in [6.45, 7) is 0. The van der Waals surface area contributed by atoms with Gasteiger partial charge in [0.2, 0.25) is 0 Å². The summed E-state index contributed by atoms with van der Waals surface area (Å²) in [6.07, 6.45) is 8.98. The van der Waals surface area contributed by atoms with Crippen LogP contribution in [0.5, 0.6) is 0 Å². The first kappa shape index (κ1) is 8.23. The number of hydrogen-bond acceptors (Lipinski definition) is 2. The van der Waals surface area contributed by atoms with Gasteiger partial charge in [-0.05, 0) is 18.9 Å². The number of hydrogen-bond donors (Lipinski definition) is 1. The summed E-state index contributed by atoms with van der Waals surface area (Å²) in [6, 6.07) is 2.00. The Bertz CT molecular complexity index is 314. The van der Waals surface area contributed by atoms with Crippen molar-refractivity contribution in [2.75, 3.05) is 5.32 Å². The zero-order valence-electron chi connectivity index (χ0n) is 7.20. The number of pyridine rings is 1. The summed E-state index contributed by atoms with van der Waals surface area (Å²) in [7, 11) is 0. The lowest BCUT2D eigenvalue weighted by atomic mass is 10.2. The Morgan fingerprint density at radius 3 is 2.85 bits per heavy atom. The molecule has 2 nitrogen and oxygen atoms in total. The fourth-order valence-electron chi connectivity index (χ4n) is 1.45. The molecule has 2 rings (SSSR count). The lowest BCUT2D eigenvalue weighted by Crippen LogP contribution is -2.15. The molecule has 0 spiro atoms. The Hall–Kier alpha value is -1.38. The van der Waals surface area contributed by atoms with Crippen LogP contribution in [0.2, 0.25) is 0 Å². The Kier molecular flexibility index (Phi) is 2.25. The van der Waals surface area contributed by atoms with Gasteiger partial charge in [0.05, 0.1) is 11.9 Å². The Balaban J connectivity index is 2.05. The molecule has 1 heterocycles. The van der Waals surface area contributed by atoms with Gasteiger partial charge >= 0.3 is 0 Å². The van der Waals surface area contributed by atoms with Crippen LogP contribution in [-0.2, 0) is 0 Å². The van der Waals surface area contributed by atoms with Crippen LogP contribution in [0.1, 0.15) is 12.8 Å². The fraction of sp³-hybridized carbons (Fsp3) is 0.300. The molecule has 1 aliphatic carbocycles. The van der Waals surface area contributed by atoms with Crippen molar-refractivity contribution in [3.05, 3.63) is 36.4 Å². The van der Waals surface area contributed by atoms with E-state index in [-0.39, 0.29) is 5.82 Å². The number of nitrogens with one attached hydrogen (secondary N) is 1. The second kappa shape index (κ2) is 3.56. The molecule has 68 valence electrons. The second-order valence-corrected chi connectivity index (χ2v) is 3.14. The summed E-state index contributed by atoms with van der Waals surface area (Å²) in [5, 5.41) is 3.13. The molecule has 0 saturated carbocycles. The highest BCUT2D eigenvalue weighted by atomic mass is 19.1. The molecule has 0 atom stereocenters. The number of anilines is 1. The van der Waals surface area contributed by atoms with Crippen LogP contribution in [0.15, 0.2) is 30.6 Å². The first-order valence-corrected chi connectivity index (χ1v) is 4.37. The van der Waals surface area contributed by atoms with Crippen molar-refractivity contribution >= 4 is 5.69 Å². The van der Waals surface area contributed by atoms with Crippen molar-refractivity contribution in [1.29, 1.82) is 0 Å². The van der Waals surface area contributed by atoms with E-state index in [1.807, 2.05) is 0 Å². The van der Waals surface area contributed by atoms with Crippen LogP contribution in [0, 0.1) is 5.82 Å². The summed E-state index contributed by atoms with van der Waals surface area (Å²) < 4.78 is 13.1. The van der Waals surface area contributed by atoms with Gasteiger partial charge in [0.15, 0.2) is 5.82 Å². The maximum absolute atomic E-state index is 13.1. The second-order valence-electron chi connectivity index (χ2n) is 3.14. The van der Waals surface area contributed by atoms with E-state index in [1.54, 1.807) is 12.3 Å². The monoisotopic (exact) mass is 178 g/mol. The Morgan fingerprint density at radius 2 is 2.15 bits per heavy atom. The largest absolute Gasteiger partial charge is 0.379 e. The van der Waals surface area contributed by atoms with Gasteiger partial charge in [-0.2, -0.15) is 0 Å². The molecule has 0 unspecified atom stereocenters. The molecule has 1 aromatic rings. The zero-order chi connectivity index (χ0) is 9.10. The molecule has 1 aromatic heterocycles. The molecule has 3 heteroatoms. The topological polar surface area (TPSA) is 24.9 Å². The standard InChI is InChI=1S/C10H11FN2/c11-9-7-12-6-5-10(9)13-8-3-1-2-4-8/h1-2,5-8H,3-4H2,(H,12,13). The first-order chi connectivity index (χ1) is 6.36. The summed E-state index contributed by atoms with van der Waals surface area (Å²) in [4.78, 5) is 3.69. The quantitative estimate of drug-likeness (QED) is 0.703. The first-order valence-electron chi connectivity index (χ1n) is 4.37. The predicted octanol–water partition coefficient (Wildman–Crippen LogP) is 2.35. The molecule has 0 fully saturated rings. The predicted molar refractivity (Wildman–Crippen MR) is 50.0 cm³/mol. The number of rotatable bonds is 2. The average Bonchev–Trinajstić information content (AvgIpc) is 2.61. The number of aromatic nitrogens is 1. The van der Waals surface area contributed by atoms with Gasteiger partial charge in [0, 0.05) is 12.2 Å². The van der Waals surface area contributed by atoms with Gasteiger partial charge in [-0.25, -0.2) is 4.39 Å². The highest BCUT2D eigenvalue weighted by Crippen LogP contribution is 2.18. The van der Waals surface area contributed by atoms with E-state index in [2.05, 4.69) is 22.5 Å². The molecule has 0 radical (unpaired) electrons. The molecule has 0 aliphatic heterocycles. The molecule has 0 bridgehead atoms. The minimum absolute atomic E-state index is 0.283. The number of nitrogens with zero attached hydrogens (tertiary/aromatic N) is 1. The molecule has 0 saturated heterocycles. The van der Waals surface area contributed by atoms with E-state index in [1.165, 1.54) is 6.20 Å². The Morgan fingerprint density at radius 1 is 1.38 bits per heavy atom. The summed E-state index contributed by atoms with van der Waals surface area (Å²) in [5.41, 5.74) is 0.545. The van der Waals surface area contributed by atoms with Crippen molar-refractivity contribution in [2.24, 2.45) is 0 Å². The van der Waals surface area contributed by atoms with E-state index in [9.17, 15) is 4.39 Å². The van der Waals surface area contributed by atoms with Crippen LogP contribution in [0.3, 0.4) is 0 Å². The molecule has 1 aliphatic rings. The van der Waals surface area contributed by atoms with E-state index in [4.69, 9.17) is 0 Å². The third-order valence-corrected chi connectivity index (χ3v) is 2.14. The normalized spacial score (nSPS) is 16.4. The molecule has 0 aromatic carbocycles. The van der Waals surface area contributed by atoms with E-state index >= 15 is 0 Å². The van der Waals surface area contributed by atoms with Crippen molar-refractivity contribution in [2.45, 2.75) is 18.9 Å². The lowest BCUT2D eigenvalue weighted by molar-refractivity contribution is 0.619. The minimum Gasteiger partial charge on any atom is -0.379 e. The third-order valence-electron chi connectivity index (χ3n) is 2.14. The van der Waals surface area contributed by atoms with Gasteiger partial charge in [0.1, 0.15) is 0 Å². The van der Waals surface area contributed by atoms with Gasteiger partial charge in [0.25, 0.3) is 0 Å². The van der Waals surface area contributed by atoms with Gasteiger partial charge in [-0.15, -0.1) is 0 Å². The van der Waals surface area contributed by atoms with E-state index in [0.29, 0.717) is 11.7 Å². The maximum atomic E-state index is 13.1. The van der Waals surface area contributed by atoms with Crippen LogP contribution in [0.25, 0.3) is 0 Å². The average molecular weight is 178 g/mol. The maximum Gasteiger partial charge on any atom is 0.164 e. The molecule has 0 amide bonds. The summed E-state index contributed by atoms with van der Waals surface area (Å²) >= 11 is 0. The highest BCUT2D eigenvalue weighted by molar-refractivity contribution is 5.44. The van der Waals surface area contributed by atoms with Crippen LogP contribution in [-0.4, -0.2) is 11.0 Å². The van der Waals surface area contributed by atoms with Crippen molar-refractivity contribution in [3.8, 4) is 0 Å². The van der Waals surface area contributed by atoms with Crippen LogP contribution >= 0.6 is 0 Å². The molecule has 1 N–H and O–H groups in total. The molecule has 13 heavy (non-hydrogen) atoms. The van der Waals surface area contributed by atoms with Gasteiger partial charge in [-0.3, -0.25) is 4.98 Å².